The molecule has 6 nitrogen and oxygen atoms in total. The van der Waals surface area contributed by atoms with E-state index in [1.54, 1.807) is 0 Å². The molecule has 3 heterocycles. The fourth-order valence-corrected chi connectivity index (χ4v) is 5.05. The molecule has 2 aliphatic heterocycles. The highest BCUT2D eigenvalue weighted by atomic mass is 16.6. The number of likely N-dealkylation sites (tertiary alicyclic amines) is 1. The molecule has 0 saturated carbocycles. The fourth-order valence-electron chi connectivity index (χ4n) is 5.05. The number of carbonyl (C=O) groups excluding carboxylic acids is 1. The number of benzene rings is 3. The average Bonchev–Trinajstić information content (AvgIpc) is 2.94. The zero-order chi connectivity index (χ0) is 24.3. The molecule has 6 rings (SSSR count). The third kappa shape index (κ3) is 4.77. The van der Waals surface area contributed by atoms with Crippen molar-refractivity contribution in [3.63, 3.8) is 0 Å². The van der Waals surface area contributed by atoms with Crippen molar-refractivity contribution in [3.8, 4) is 22.8 Å². The summed E-state index contributed by atoms with van der Waals surface area (Å²) in [5.74, 6) is 1.40. The molecule has 6 heteroatoms. The van der Waals surface area contributed by atoms with E-state index in [0.717, 1.165) is 60.4 Å². The normalized spacial score (nSPS) is 16.1. The van der Waals surface area contributed by atoms with E-state index < -0.39 is 0 Å². The Hall–Kier alpha value is -3.90. The van der Waals surface area contributed by atoms with Gasteiger partial charge in [0.1, 0.15) is 13.2 Å². The molecular weight excluding hydrogens is 450 g/mol. The smallest absolute Gasteiger partial charge is 0.252 e. The highest BCUT2D eigenvalue weighted by molar-refractivity contribution is 6.07. The van der Waals surface area contributed by atoms with Gasteiger partial charge in [0, 0.05) is 36.6 Å². The van der Waals surface area contributed by atoms with E-state index in [4.69, 9.17) is 14.5 Å². The Balaban J connectivity index is 1.20. The third-order valence-corrected chi connectivity index (χ3v) is 6.97. The van der Waals surface area contributed by atoms with Crippen LogP contribution in [0.2, 0.25) is 0 Å². The highest BCUT2D eigenvalue weighted by Gasteiger charge is 2.23. The van der Waals surface area contributed by atoms with Gasteiger partial charge in [0.15, 0.2) is 11.5 Å². The van der Waals surface area contributed by atoms with E-state index >= 15 is 0 Å². The predicted octanol–water partition coefficient (Wildman–Crippen LogP) is 5.07. The van der Waals surface area contributed by atoms with Gasteiger partial charge >= 0.3 is 0 Å². The van der Waals surface area contributed by atoms with E-state index in [2.05, 4.69) is 34.5 Å². The van der Waals surface area contributed by atoms with E-state index in [1.165, 1.54) is 5.56 Å². The number of fused-ring (bicyclic) bond motifs is 2. The van der Waals surface area contributed by atoms with Gasteiger partial charge < -0.3 is 14.8 Å². The van der Waals surface area contributed by atoms with Crippen molar-refractivity contribution in [1.29, 1.82) is 0 Å². The number of hydrogen-bond acceptors (Lipinski definition) is 5. The number of hydrogen-bond donors (Lipinski definition) is 1. The molecule has 0 unspecified atom stereocenters. The van der Waals surface area contributed by atoms with Gasteiger partial charge in [-0.05, 0) is 48.7 Å². The minimum atomic E-state index is -0.0473. The second-order valence-corrected chi connectivity index (χ2v) is 9.44. The van der Waals surface area contributed by atoms with Gasteiger partial charge in [-0.15, -0.1) is 0 Å². The van der Waals surface area contributed by atoms with E-state index in [0.29, 0.717) is 24.5 Å². The van der Waals surface area contributed by atoms with E-state index in [9.17, 15) is 4.79 Å². The molecule has 1 saturated heterocycles. The minimum absolute atomic E-state index is 0.0473. The molecule has 1 amide bonds. The molecule has 0 bridgehead atoms. The molecule has 0 radical (unpaired) electrons. The molecule has 0 spiro atoms. The predicted molar refractivity (Wildman–Crippen MR) is 140 cm³/mol. The van der Waals surface area contributed by atoms with Crippen molar-refractivity contribution in [2.75, 3.05) is 26.3 Å². The molecule has 0 atom stereocenters. The monoisotopic (exact) mass is 479 g/mol. The Labute approximate surface area is 210 Å². The number of nitrogens with zero attached hydrogens (tertiary/aromatic N) is 2. The number of aromatic nitrogens is 1. The second kappa shape index (κ2) is 9.99. The lowest BCUT2D eigenvalue weighted by Gasteiger charge is -2.32. The number of amides is 1. The molecule has 2 aliphatic rings. The molecule has 36 heavy (non-hydrogen) atoms. The molecule has 1 fully saturated rings. The summed E-state index contributed by atoms with van der Waals surface area (Å²) < 4.78 is 11.4. The molecule has 3 aromatic carbocycles. The summed E-state index contributed by atoms with van der Waals surface area (Å²) in [6.07, 6.45) is 1.88. The minimum Gasteiger partial charge on any atom is -0.486 e. The van der Waals surface area contributed by atoms with Crippen molar-refractivity contribution in [2.45, 2.75) is 25.4 Å². The summed E-state index contributed by atoms with van der Waals surface area (Å²) in [4.78, 5) is 20.8. The van der Waals surface area contributed by atoms with Gasteiger partial charge in [0.2, 0.25) is 0 Å². The molecule has 4 aromatic rings. The molecule has 1 N–H and O–H groups in total. The van der Waals surface area contributed by atoms with Crippen LogP contribution >= 0.6 is 0 Å². The standard InChI is InChI=1S/C30H29N3O3/c34-30(31-23-12-14-33(15-13-23)20-21-6-2-1-3-7-21)25-19-27(32-26-9-5-4-8-24(25)26)22-10-11-28-29(18-22)36-17-16-35-28/h1-11,18-19,23H,12-17,20H2,(H,31,34). The molecule has 0 aliphatic carbocycles. The van der Waals surface area contributed by atoms with E-state index in [-0.39, 0.29) is 11.9 Å². The number of ether oxygens (including phenoxy) is 2. The summed E-state index contributed by atoms with van der Waals surface area (Å²) in [7, 11) is 0. The SMILES string of the molecule is O=C(NC1CCN(Cc2ccccc2)CC1)c1cc(-c2ccc3c(c2)OCCO3)nc2ccccc12. The zero-order valence-electron chi connectivity index (χ0n) is 20.2. The van der Waals surface area contributed by atoms with Crippen LogP contribution < -0.4 is 14.8 Å². The van der Waals surface area contributed by atoms with Crippen molar-refractivity contribution < 1.29 is 14.3 Å². The van der Waals surface area contributed by atoms with Gasteiger partial charge in [-0.25, -0.2) is 4.98 Å². The first-order chi connectivity index (χ1) is 17.7. The van der Waals surface area contributed by atoms with Crippen molar-refractivity contribution in [2.24, 2.45) is 0 Å². The van der Waals surface area contributed by atoms with Crippen LogP contribution in [0.5, 0.6) is 11.5 Å². The summed E-state index contributed by atoms with van der Waals surface area (Å²) in [5, 5.41) is 4.16. The van der Waals surface area contributed by atoms with Crippen LogP contribution in [-0.2, 0) is 6.54 Å². The Morgan fingerprint density at radius 3 is 2.47 bits per heavy atom. The highest BCUT2D eigenvalue weighted by Crippen LogP contribution is 2.35. The summed E-state index contributed by atoms with van der Waals surface area (Å²) >= 11 is 0. The molecular formula is C30H29N3O3. The van der Waals surface area contributed by atoms with E-state index in [1.807, 2.05) is 54.6 Å². The average molecular weight is 480 g/mol. The van der Waals surface area contributed by atoms with Crippen molar-refractivity contribution in [3.05, 3.63) is 90.0 Å². The fraction of sp³-hybridized carbons (Fsp3) is 0.267. The Morgan fingerprint density at radius 2 is 1.64 bits per heavy atom. The lowest BCUT2D eigenvalue weighted by atomic mass is 10.0. The van der Waals surface area contributed by atoms with Crippen LogP contribution in [0.4, 0.5) is 0 Å². The number of rotatable bonds is 5. The first-order valence-electron chi connectivity index (χ1n) is 12.6. The van der Waals surface area contributed by atoms with Gasteiger partial charge in [-0.1, -0.05) is 48.5 Å². The second-order valence-electron chi connectivity index (χ2n) is 9.44. The maximum atomic E-state index is 13.5. The lowest BCUT2D eigenvalue weighted by molar-refractivity contribution is 0.0910. The van der Waals surface area contributed by atoms with Gasteiger partial charge in [-0.3, -0.25) is 9.69 Å². The summed E-state index contributed by atoms with van der Waals surface area (Å²) in [5.41, 5.74) is 4.42. The van der Waals surface area contributed by atoms with Crippen LogP contribution in [0.3, 0.4) is 0 Å². The van der Waals surface area contributed by atoms with Crippen LogP contribution in [0.1, 0.15) is 28.8 Å². The van der Waals surface area contributed by atoms with Gasteiger partial charge in [0.05, 0.1) is 16.8 Å². The Kier molecular flexibility index (Phi) is 6.26. The van der Waals surface area contributed by atoms with Crippen LogP contribution in [-0.4, -0.2) is 48.1 Å². The van der Waals surface area contributed by atoms with Gasteiger partial charge in [0.25, 0.3) is 5.91 Å². The van der Waals surface area contributed by atoms with Crippen LogP contribution in [0.15, 0.2) is 78.9 Å². The lowest BCUT2D eigenvalue weighted by Crippen LogP contribution is -2.44. The first kappa shape index (κ1) is 22.6. The van der Waals surface area contributed by atoms with Crippen molar-refractivity contribution >= 4 is 16.8 Å². The molecule has 1 aromatic heterocycles. The van der Waals surface area contributed by atoms with Crippen LogP contribution in [0.25, 0.3) is 22.2 Å². The zero-order valence-corrected chi connectivity index (χ0v) is 20.2. The van der Waals surface area contributed by atoms with Gasteiger partial charge in [-0.2, -0.15) is 0 Å². The number of piperidine rings is 1. The topological polar surface area (TPSA) is 63.7 Å². The third-order valence-electron chi connectivity index (χ3n) is 6.97. The maximum absolute atomic E-state index is 13.5. The molecule has 182 valence electrons. The number of carbonyl (C=O) groups is 1. The summed E-state index contributed by atoms with van der Waals surface area (Å²) in [6, 6.07) is 26.2. The van der Waals surface area contributed by atoms with Crippen LogP contribution in [0, 0.1) is 0 Å². The Bertz CT molecular complexity index is 1380. The number of pyridine rings is 1. The van der Waals surface area contributed by atoms with Crippen molar-refractivity contribution in [1.82, 2.24) is 15.2 Å². The number of para-hydroxylation sites is 1. The largest absolute Gasteiger partial charge is 0.486 e. The number of nitrogens with one attached hydrogen (secondary N) is 1. The Morgan fingerprint density at radius 1 is 0.889 bits per heavy atom. The first-order valence-corrected chi connectivity index (χ1v) is 12.6. The maximum Gasteiger partial charge on any atom is 0.252 e. The quantitative estimate of drug-likeness (QED) is 0.433. The summed E-state index contributed by atoms with van der Waals surface area (Å²) in [6.45, 7) is 3.98.